The number of nitrogens with zero attached hydrogens (tertiary/aromatic N) is 6. The number of amides is 1. The highest BCUT2D eigenvalue weighted by Gasteiger charge is 2.23. The number of hydrogen-bond acceptors (Lipinski definition) is 8. The molecule has 1 aliphatic heterocycles. The van der Waals surface area contributed by atoms with Crippen LogP contribution in [0.4, 0.5) is 17.3 Å². The number of carbonyl (C=O) groups is 1. The van der Waals surface area contributed by atoms with Gasteiger partial charge < -0.3 is 24.6 Å². The van der Waals surface area contributed by atoms with Gasteiger partial charge in [-0.25, -0.2) is 9.97 Å². The van der Waals surface area contributed by atoms with E-state index in [1.165, 1.54) is 0 Å². The molecule has 1 aliphatic rings. The van der Waals surface area contributed by atoms with Crippen molar-refractivity contribution in [3.8, 4) is 22.8 Å². The smallest absolute Gasteiger partial charge is 0.227 e. The first-order chi connectivity index (χ1) is 17.9. The molecule has 2 aromatic carbocycles. The number of carbonyl (C=O) groups excluding carboxylic acids is 1. The number of aromatic nitrogens is 4. The molecular formula is C26H28ClN7O3. The average Bonchev–Trinajstić information content (AvgIpc) is 3.29. The van der Waals surface area contributed by atoms with Crippen molar-refractivity contribution < 1.29 is 14.3 Å². The summed E-state index contributed by atoms with van der Waals surface area (Å²) < 4.78 is 13.2. The number of benzene rings is 2. The zero-order chi connectivity index (χ0) is 26.1. The molecule has 1 fully saturated rings. The van der Waals surface area contributed by atoms with Crippen molar-refractivity contribution in [2.45, 2.75) is 6.92 Å². The van der Waals surface area contributed by atoms with Crippen LogP contribution in [-0.2, 0) is 11.8 Å². The van der Waals surface area contributed by atoms with Gasteiger partial charge in [0.1, 0.15) is 11.5 Å². The summed E-state index contributed by atoms with van der Waals surface area (Å²) in [6.07, 6.45) is 3.39. The zero-order valence-electron chi connectivity index (χ0n) is 21.2. The molecule has 0 spiro atoms. The van der Waals surface area contributed by atoms with Gasteiger partial charge in [0.05, 0.1) is 54.2 Å². The number of hydrogen-bond donors (Lipinski definition) is 1. The van der Waals surface area contributed by atoms with E-state index in [-0.39, 0.29) is 5.91 Å². The molecule has 11 heteroatoms. The maximum atomic E-state index is 11.7. The Kier molecular flexibility index (Phi) is 6.75. The molecule has 5 rings (SSSR count). The van der Waals surface area contributed by atoms with Gasteiger partial charge in [-0.2, -0.15) is 5.10 Å². The van der Waals surface area contributed by atoms with Crippen molar-refractivity contribution in [3.63, 3.8) is 0 Å². The third kappa shape index (κ3) is 4.84. The van der Waals surface area contributed by atoms with Gasteiger partial charge >= 0.3 is 0 Å². The Hall–Kier alpha value is -4.05. The Morgan fingerprint density at radius 1 is 1.03 bits per heavy atom. The van der Waals surface area contributed by atoms with Crippen LogP contribution in [0.2, 0.25) is 5.02 Å². The molecule has 1 saturated heterocycles. The summed E-state index contributed by atoms with van der Waals surface area (Å²) >= 11 is 6.48. The first-order valence-corrected chi connectivity index (χ1v) is 12.2. The van der Waals surface area contributed by atoms with Crippen molar-refractivity contribution in [2.75, 3.05) is 50.6 Å². The first kappa shape index (κ1) is 24.6. The van der Waals surface area contributed by atoms with Crippen molar-refractivity contribution in [1.29, 1.82) is 0 Å². The van der Waals surface area contributed by atoms with E-state index in [9.17, 15) is 4.79 Å². The normalized spacial score (nSPS) is 13.6. The lowest BCUT2D eigenvalue weighted by atomic mass is 10.1. The number of nitrogens with one attached hydrogen (secondary N) is 1. The molecule has 3 heterocycles. The standard InChI is InChI=1S/C26H28ClN7O3/c1-16(35)33-7-9-34(10-8-33)22-13-23(36-3)20(12-24(22)37-4)30-26-28-15-19(27)25(31-26)17-5-6-21-18(11-17)14-29-32(21)2/h5-6,11-15H,7-10H2,1-4H3,(H,28,30,31). The van der Waals surface area contributed by atoms with E-state index in [1.54, 1.807) is 27.3 Å². The van der Waals surface area contributed by atoms with Crippen molar-refractivity contribution in [1.82, 2.24) is 24.6 Å². The summed E-state index contributed by atoms with van der Waals surface area (Å²) in [5, 5.41) is 9.00. The number of anilines is 3. The van der Waals surface area contributed by atoms with E-state index in [2.05, 4.69) is 20.3 Å². The van der Waals surface area contributed by atoms with Gasteiger partial charge in [-0.15, -0.1) is 0 Å². The molecule has 0 aliphatic carbocycles. The van der Waals surface area contributed by atoms with E-state index >= 15 is 0 Å². The Morgan fingerprint density at radius 3 is 2.49 bits per heavy atom. The van der Waals surface area contributed by atoms with E-state index in [0.29, 0.717) is 60.0 Å². The Labute approximate surface area is 219 Å². The summed E-state index contributed by atoms with van der Waals surface area (Å²) in [5.74, 6) is 1.75. The fraction of sp³-hybridized carbons (Fsp3) is 0.308. The van der Waals surface area contributed by atoms with Gasteiger partial charge in [0, 0.05) is 63.2 Å². The van der Waals surface area contributed by atoms with Gasteiger partial charge in [0.2, 0.25) is 11.9 Å². The minimum absolute atomic E-state index is 0.0893. The molecule has 37 heavy (non-hydrogen) atoms. The maximum absolute atomic E-state index is 11.7. The fourth-order valence-corrected chi connectivity index (χ4v) is 4.75. The molecule has 10 nitrogen and oxygen atoms in total. The van der Waals surface area contributed by atoms with Crippen molar-refractivity contribution in [2.24, 2.45) is 7.05 Å². The lowest BCUT2D eigenvalue weighted by Crippen LogP contribution is -2.48. The van der Waals surface area contributed by atoms with E-state index in [4.69, 9.17) is 26.1 Å². The second kappa shape index (κ2) is 10.1. The highest BCUT2D eigenvalue weighted by Crippen LogP contribution is 2.40. The monoisotopic (exact) mass is 521 g/mol. The fourth-order valence-electron chi connectivity index (χ4n) is 4.55. The third-order valence-corrected chi connectivity index (χ3v) is 6.85. The van der Waals surface area contributed by atoms with Crippen LogP contribution in [0, 0.1) is 0 Å². The molecule has 0 radical (unpaired) electrons. The third-order valence-electron chi connectivity index (χ3n) is 6.58. The SMILES string of the molecule is COc1cc(N2CCN(C(C)=O)CC2)c(OC)cc1Nc1ncc(Cl)c(-c2ccc3c(cnn3C)c2)n1. The molecule has 0 saturated carbocycles. The number of fused-ring (bicyclic) bond motifs is 1. The van der Waals surface area contributed by atoms with Gasteiger partial charge in [-0.1, -0.05) is 17.7 Å². The number of rotatable bonds is 6. The minimum Gasteiger partial charge on any atom is -0.494 e. The summed E-state index contributed by atoms with van der Waals surface area (Å²) in [5.41, 5.74) is 4.04. The number of ether oxygens (including phenoxy) is 2. The molecule has 0 atom stereocenters. The van der Waals surface area contributed by atoms with Gasteiger partial charge in [0.15, 0.2) is 0 Å². The minimum atomic E-state index is 0.0893. The number of piperazine rings is 1. The van der Waals surface area contributed by atoms with Crippen LogP contribution in [0.1, 0.15) is 6.92 Å². The van der Waals surface area contributed by atoms with Crippen LogP contribution in [-0.4, -0.2) is 71.0 Å². The molecule has 192 valence electrons. The van der Waals surface area contributed by atoms with Crippen molar-refractivity contribution >= 4 is 45.7 Å². The Balaban J connectivity index is 1.44. The van der Waals surface area contributed by atoms with E-state index in [0.717, 1.165) is 22.2 Å². The molecule has 2 aromatic heterocycles. The first-order valence-electron chi connectivity index (χ1n) is 11.9. The van der Waals surface area contributed by atoms with Crippen LogP contribution in [0.3, 0.4) is 0 Å². The Bertz CT molecular complexity index is 1460. The number of halogens is 1. The summed E-state index contributed by atoms with van der Waals surface area (Å²) in [7, 11) is 5.15. The molecule has 0 bridgehead atoms. The Morgan fingerprint density at radius 2 is 1.78 bits per heavy atom. The predicted molar refractivity (Wildman–Crippen MR) is 144 cm³/mol. The summed E-state index contributed by atoms with van der Waals surface area (Å²) in [6, 6.07) is 9.76. The highest BCUT2D eigenvalue weighted by atomic mass is 35.5. The van der Waals surface area contributed by atoms with Gasteiger partial charge in [-0.05, 0) is 12.1 Å². The van der Waals surface area contributed by atoms with Gasteiger partial charge in [-0.3, -0.25) is 9.48 Å². The predicted octanol–water partition coefficient (Wildman–Crippen LogP) is 4.11. The second-order valence-corrected chi connectivity index (χ2v) is 9.18. The van der Waals surface area contributed by atoms with Crippen LogP contribution < -0.4 is 19.7 Å². The van der Waals surface area contributed by atoms with E-state index < -0.39 is 0 Å². The lowest BCUT2D eigenvalue weighted by Gasteiger charge is -2.36. The maximum Gasteiger partial charge on any atom is 0.227 e. The summed E-state index contributed by atoms with van der Waals surface area (Å²) in [6.45, 7) is 4.33. The lowest BCUT2D eigenvalue weighted by molar-refractivity contribution is -0.129. The largest absolute Gasteiger partial charge is 0.494 e. The second-order valence-electron chi connectivity index (χ2n) is 8.77. The molecule has 1 N–H and O–H groups in total. The number of methoxy groups -OCH3 is 2. The highest BCUT2D eigenvalue weighted by molar-refractivity contribution is 6.33. The van der Waals surface area contributed by atoms with E-state index in [1.807, 2.05) is 53.2 Å². The van der Waals surface area contributed by atoms with Crippen LogP contribution in [0.25, 0.3) is 22.2 Å². The molecule has 1 amide bonds. The molecule has 4 aromatic rings. The van der Waals surface area contributed by atoms with Crippen LogP contribution >= 0.6 is 11.6 Å². The average molecular weight is 522 g/mol. The van der Waals surface area contributed by atoms with Gasteiger partial charge in [0.25, 0.3) is 0 Å². The summed E-state index contributed by atoms with van der Waals surface area (Å²) in [4.78, 5) is 24.8. The van der Waals surface area contributed by atoms with Crippen LogP contribution in [0.5, 0.6) is 11.5 Å². The molecular weight excluding hydrogens is 494 g/mol. The van der Waals surface area contributed by atoms with Crippen LogP contribution in [0.15, 0.2) is 42.7 Å². The topological polar surface area (TPSA) is 97.6 Å². The quantitative estimate of drug-likeness (QED) is 0.405. The zero-order valence-corrected chi connectivity index (χ0v) is 21.9. The molecule has 0 unspecified atom stereocenters. The number of aryl methyl sites for hydroxylation is 1. The van der Waals surface area contributed by atoms with Crippen molar-refractivity contribution in [3.05, 3.63) is 47.7 Å².